The van der Waals surface area contributed by atoms with Gasteiger partial charge in [-0.15, -0.1) is 0 Å². The fourth-order valence-electron chi connectivity index (χ4n) is 2.38. The number of carbonyl (C=O) groups is 1. The first-order valence-corrected chi connectivity index (χ1v) is 8.99. The fourth-order valence-corrected chi connectivity index (χ4v) is 3.82. The third kappa shape index (κ3) is 3.96. The van der Waals surface area contributed by atoms with Gasteiger partial charge in [0.15, 0.2) is 11.6 Å². The standard InChI is InChI=1S/C15H21FN2O5S/c1-11(2)23-14-5-4-12(10-13(14)16)24(20,21)18-8-6-17(7-9-18)15(19)22-3/h4-5,10-11H,6-9H2,1-3H3. The van der Waals surface area contributed by atoms with Crippen LogP contribution in [0.2, 0.25) is 0 Å². The lowest BCUT2D eigenvalue weighted by molar-refractivity contribution is 0.108. The molecule has 0 N–H and O–H groups in total. The highest BCUT2D eigenvalue weighted by molar-refractivity contribution is 7.89. The van der Waals surface area contributed by atoms with Gasteiger partial charge in [0.25, 0.3) is 0 Å². The summed E-state index contributed by atoms with van der Waals surface area (Å²) < 4.78 is 50.4. The number of hydrogen-bond donors (Lipinski definition) is 0. The molecule has 0 atom stereocenters. The summed E-state index contributed by atoms with van der Waals surface area (Å²) in [5.74, 6) is -0.711. The molecule has 1 aliphatic heterocycles. The molecule has 0 spiro atoms. The molecule has 0 saturated carbocycles. The highest BCUT2D eigenvalue weighted by atomic mass is 32.2. The van der Waals surface area contributed by atoms with Crippen LogP contribution in [0.3, 0.4) is 0 Å². The maximum Gasteiger partial charge on any atom is 0.409 e. The Morgan fingerprint density at radius 1 is 1.21 bits per heavy atom. The Balaban J connectivity index is 2.14. The van der Waals surface area contributed by atoms with Crippen molar-refractivity contribution in [2.45, 2.75) is 24.8 Å². The largest absolute Gasteiger partial charge is 0.488 e. The number of sulfonamides is 1. The number of rotatable bonds is 4. The molecule has 1 amide bonds. The molecule has 0 aliphatic carbocycles. The average Bonchev–Trinajstić information content (AvgIpc) is 2.55. The number of amides is 1. The van der Waals surface area contributed by atoms with Gasteiger partial charge in [-0.3, -0.25) is 0 Å². The molecule has 1 heterocycles. The van der Waals surface area contributed by atoms with Gasteiger partial charge in [0.05, 0.1) is 18.1 Å². The molecule has 1 aliphatic rings. The van der Waals surface area contributed by atoms with Crippen LogP contribution in [0.5, 0.6) is 5.75 Å². The molecule has 0 aromatic heterocycles. The summed E-state index contributed by atoms with van der Waals surface area (Å²) in [6.45, 7) is 4.22. The van der Waals surface area contributed by atoms with Gasteiger partial charge in [-0.2, -0.15) is 4.31 Å². The van der Waals surface area contributed by atoms with E-state index in [0.29, 0.717) is 0 Å². The highest BCUT2D eigenvalue weighted by Gasteiger charge is 2.31. The van der Waals surface area contributed by atoms with Crippen molar-refractivity contribution >= 4 is 16.1 Å². The van der Waals surface area contributed by atoms with Crippen LogP contribution >= 0.6 is 0 Å². The van der Waals surface area contributed by atoms with Crippen LogP contribution in [0.25, 0.3) is 0 Å². The quantitative estimate of drug-likeness (QED) is 0.817. The molecule has 2 rings (SSSR count). The van der Waals surface area contributed by atoms with E-state index >= 15 is 0 Å². The van der Waals surface area contributed by atoms with Crippen molar-refractivity contribution in [3.63, 3.8) is 0 Å². The monoisotopic (exact) mass is 360 g/mol. The van der Waals surface area contributed by atoms with E-state index in [1.165, 1.54) is 28.4 Å². The van der Waals surface area contributed by atoms with Crippen molar-refractivity contribution in [1.82, 2.24) is 9.21 Å². The Hall–Kier alpha value is -1.87. The number of halogens is 1. The molecule has 1 fully saturated rings. The van der Waals surface area contributed by atoms with Gasteiger partial charge in [-0.1, -0.05) is 0 Å². The van der Waals surface area contributed by atoms with E-state index in [4.69, 9.17) is 4.74 Å². The molecule has 7 nitrogen and oxygen atoms in total. The summed E-state index contributed by atoms with van der Waals surface area (Å²) in [6.07, 6.45) is -0.707. The lowest BCUT2D eigenvalue weighted by Gasteiger charge is -2.33. The second kappa shape index (κ2) is 7.35. The number of nitrogens with zero attached hydrogens (tertiary/aromatic N) is 2. The predicted octanol–water partition coefficient (Wildman–Crippen LogP) is 1.69. The zero-order chi connectivity index (χ0) is 17.9. The van der Waals surface area contributed by atoms with Crippen LogP contribution in [0.4, 0.5) is 9.18 Å². The molecule has 0 bridgehead atoms. The Bertz CT molecular complexity index is 700. The minimum atomic E-state index is -3.83. The van der Waals surface area contributed by atoms with E-state index in [2.05, 4.69) is 4.74 Å². The van der Waals surface area contributed by atoms with Crippen molar-refractivity contribution in [2.24, 2.45) is 0 Å². The first kappa shape index (κ1) is 18.5. The van der Waals surface area contributed by atoms with Crippen molar-refractivity contribution in [2.75, 3.05) is 33.3 Å². The van der Waals surface area contributed by atoms with E-state index in [1.54, 1.807) is 13.8 Å². The van der Waals surface area contributed by atoms with E-state index in [-0.39, 0.29) is 42.9 Å². The molecular weight excluding hydrogens is 339 g/mol. The highest BCUT2D eigenvalue weighted by Crippen LogP contribution is 2.25. The van der Waals surface area contributed by atoms with Gasteiger partial charge in [0.2, 0.25) is 10.0 Å². The van der Waals surface area contributed by atoms with E-state index in [0.717, 1.165) is 6.07 Å². The van der Waals surface area contributed by atoms with E-state index in [9.17, 15) is 17.6 Å². The molecule has 1 aromatic carbocycles. The summed E-state index contributed by atoms with van der Waals surface area (Å²) in [4.78, 5) is 12.7. The number of methoxy groups -OCH3 is 1. The minimum Gasteiger partial charge on any atom is -0.488 e. The van der Waals surface area contributed by atoms with Crippen LogP contribution in [0.1, 0.15) is 13.8 Å². The first-order valence-electron chi connectivity index (χ1n) is 7.55. The smallest absolute Gasteiger partial charge is 0.409 e. The molecule has 9 heteroatoms. The number of carbonyl (C=O) groups excluding carboxylic acids is 1. The molecule has 1 aromatic rings. The Kier molecular flexibility index (Phi) is 5.66. The summed E-state index contributed by atoms with van der Waals surface area (Å²) in [6, 6.07) is 3.59. The maximum absolute atomic E-state index is 14.0. The van der Waals surface area contributed by atoms with Crippen LogP contribution < -0.4 is 4.74 Å². The molecule has 1 saturated heterocycles. The lowest BCUT2D eigenvalue weighted by Crippen LogP contribution is -2.50. The summed E-state index contributed by atoms with van der Waals surface area (Å²) >= 11 is 0. The van der Waals surface area contributed by atoms with Crippen molar-refractivity contribution in [3.05, 3.63) is 24.0 Å². The van der Waals surface area contributed by atoms with Gasteiger partial charge < -0.3 is 14.4 Å². The van der Waals surface area contributed by atoms with Crippen molar-refractivity contribution in [3.8, 4) is 5.75 Å². The average molecular weight is 360 g/mol. The van der Waals surface area contributed by atoms with Crippen molar-refractivity contribution < 1.29 is 27.1 Å². The van der Waals surface area contributed by atoms with Gasteiger partial charge in [-0.25, -0.2) is 17.6 Å². The summed E-state index contributed by atoms with van der Waals surface area (Å²) in [5, 5.41) is 0. The SMILES string of the molecule is COC(=O)N1CCN(S(=O)(=O)c2ccc(OC(C)C)c(F)c2)CC1. The molecule has 0 unspecified atom stereocenters. The normalized spacial score (nSPS) is 16.3. The van der Waals surface area contributed by atoms with E-state index < -0.39 is 21.9 Å². The zero-order valence-corrected chi connectivity index (χ0v) is 14.7. The zero-order valence-electron chi connectivity index (χ0n) is 13.9. The molecule has 134 valence electrons. The lowest BCUT2D eigenvalue weighted by atomic mass is 10.3. The van der Waals surface area contributed by atoms with Gasteiger partial charge >= 0.3 is 6.09 Å². The van der Waals surface area contributed by atoms with Gasteiger partial charge in [0.1, 0.15) is 0 Å². The number of piperazine rings is 1. The van der Waals surface area contributed by atoms with Crippen molar-refractivity contribution in [1.29, 1.82) is 0 Å². The minimum absolute atomic E-state index is 0.0134. The molecule has 24 heavy (non-hydrogen) atoms. The number of ether oxygens (including phenoxy) is 2. The van der Waals surface area contributed by atoms with Crippen LogP contribution in [-0.2, 0) is 14.8 Å². The second-order valence-corrected chi connectivity index (χ2v) is 7.56. The third-order valence-electron chi connectivity index (χ3n) is 3.58. The topological polar surface area (TPSA) is 76.2 Å². The first-order chi connectivity index (χ1) is 11.3. The van der Waals surface area contributed by atoms with Crippen LogP contribution in [-0.4, -0.2) is 63.1 Å². The van der Waals surface area contributed by atoms with E-state index in [1.807, 2.05) is 0 Å². The predicted molar refractivity (Wildman–Crippen MR) is 84.9 cm³/mol. The second-order valence-electron chi connectivity index (χ2n) is 5.62. The summed E-state index contributed by atoms with van der Waals surface area (Å²) in [5.41, 5.74) is 0. The third-order valence-corrected chi connectivity index (χ3v) is 5.47. The number of hydrogen-bond acceptors (Lipinski definition) is 5. The van der Waals surface area contributed by atoms with Crippen LogP contribution in [0.15, 0.2) is 23.1 Å². The Labute approximate surface area is 141 Å². The Morgan fingerprint density at radius 2 is 1.83 bits per heavy atom. The molecule has 0 radical (unpaired) electrons. The van der Waals surface area contributed by atoms with Crippen LogP contribution in [0, 0.1) is 5.82 Å². The maximum atomic E-state index is 14.0. The van der Waals surface area contributed by atoms with Gasteiger partial charge in [0, 0.05) is 26.2 Å². The Morgan fingerprint density at radius 3 is 2.33 bits per heavy atom. The summed E-state index contributed by atoms with van der Waals surface area (Å²) in [7, 11) is -2.55. The number of benzene rings is 1. The van der Waals surface area contributed by atoms with Gasteiger partial charge in [-0.05, 0) is 32.0 Å². The molecular formula is C15H21FN2O5S. The fraction of sp³-hybridized carbons (Fsp3) is 0.533.